The van der Waals surface area contributed by atoms with Gasteiger partial charge in [0.05, 0.1) is 23.7 Å². The molecule has 1 saturated heterocycles. The molecule has 0 bridgehead atoms. The summed E-state index contributed by atoms with van der Waals surface area (Å²) < 4.78 is 38.6. The average molecular weight is 458 g/mol. The molecule has 1 aliphatic heterocycles. The van der Waals surface area contributed by atoms with Crippen molar-refractivity contribution in [2.75, 3.05) is 31.1 Å². The molecule has 0 saturated carbocycles. The lowest BCUT2D eigenvalue weighted by molar-refractivity contribution is -0.137. The minimum Gasteiger partial charge on any atom is -0.394 e. The SMILES string of the molecule is CC(c1ccc(C(F)(F)F)cc1)N1CCN(c2nc(=O)[nH]c3ccc(C#N)nc23)C(CO)C1. The molecule has 0 amide bonds. The summed E-state index contributed by atoms with van der Waals surface area (Å²) in [6, 6.07) is 9.50. The monoisotopic (exact) mass is 458 g/mol. The van der Waals surface area contributed by atoms with E-state index in [-0.39, 0.29) is 24.2 Å². The van der Waals surface area contributed by atoms with Crippen molar-refractivity contribution < 1.29 is 18.3 Å². The van der Waals surface area contributed by atoms with E-state index < -0.39 is 23.5 Å². The largest absolute Gasteiger partial charge is 0.416 e. The van der Waals surface area contributed by atoms with E-state index in [4.69, 9.17) is 0 Å². The van der Waals surface area contributed by atoms with Crippen LogP contribution in [0.15, 0.2) is 41.2 Å². The zero-order valence-electron chi connectivity index (χ0n) is 17.7. The lowest BCUT2D eigenvalue weighted by Gasteiger charge is -2.43. The normalized spacial score (nSPS) is 18.3. The minimum atomic E-state index is -4.39. The van der Waals surface area contributed by atoms with E-state index in [1.165, 1.54) is 18.2 Å². The van der Waals surface area contributed by atoms with E-state index in [0.717, 1.165) is 17.7 Å². The molecule has 172 valence electrons. The summed E-state index contributed by atoms with van der Waals surface area (Å²) in [4.78, 5) is 26.9. The first-order chi connectivity index (χ1) is 15.7. The van der Waals surface area contributed by atoms with Gasteiger partial charge in [-0.3, -0.25) is 4.90 Å². The van der Waals surface area contributed by atoms with Crippen LogP contribution in [0.4, 0.5) is 19.0 Å². The van der Waals surface area contributed by atoms with Gasteiger partial charge in [0.1, 0.15) is 17.3 Å². The van der Waals surface area contributed by atoms with Gasteiger partial charge in [0, 0.05) is 25.7 Å². The van der Waals surface area contributed by atoms with Gasteiger partial charge in [-0.2, -0.15) is 23.4 Å². The third-order valence-corrected chi connectivity index (χ3v) is 5.94. The second-order valence-electron chi connectivity index (χ2n) is 7.89. The highest BCUT2D eigenvalue weighted by atomic mass is 19.4. The van der Waals surface area contributed by atoms with Crippen molar-refractivity contribution in [3.63, 3.8) is 0 Å². The second kappa shape index (κ2) is 8.80. The van der Waals surface area contributed by atoms with Gasteiger partial charge in [-0.05, 0) is 36.8 Å². The standard InChI is InChI=1S/C22H21F3N6O2/c1-13(14-2-4-15(5-3-14)22(23,24)25)30-8-9-31(17(11-30)12-32)20-19-18(28-21(33)29-20)7-6-16(10-26)27-19/h2-7,13,17,32H,8-9,11-12H2,1H3,(H,28,29,33). The lowest BCUT2D eigenvalue weighted by Crippen LogP contribution is -2.55. The number of anilines is 1. The molecule has 33 heavy (non-hydrogen) atoms. The van der Waals surface area contributed by atoms with Crippen LogP contribution in [0.1, 0.15) is 29.8 Å². The van der Waals surface area contributed by atoms with Crippen LogP contribution < -0.4 is 10.6 Å². The zero-order chi connectivity index (χ0) is 23.8. The van der Waals surface area contributed by atoms with Gasteiger partial charge in [-0.25, -0.2) is 9.78 Å². The highest BCUT2D eigenvalue weighted by Gasteiger charge is 2.33. The molecule has 2 N–H and O–H groups in total. The van der Waals surface area contributed by atoms with Crippen LogP contribution in [0.3, 0.4) is 0 Å². The molecule has 2 aromatic heterocycles. The molecule has 11 heteroatoms. The number of aromatic amines is 1. The summed E-state index contributed by atoms with van der Waals surface area (Å²) in [5, 5.41) is 19.3. The van der Waals surface area contributed by atoms with Crippen LogP contribution in [0.5, 0.6) is 0 Å². The maximum absolute atomic E-state index is 12.9. The van der Waals surface area contributed by atoms with E-state index in [1.54, 1.807) is 11.0 Å². The Kier molecular flexibility index (Phi) is 6.05. The molecular weight excluding hydrogens is 437 g/mol. The number of H-pyrrole nitrogens is 1. The Morgan fingerprint density at radius 1 is 1.21 bits per heavy atom. The number of nitrogens with zero attached hydrogens (tertiary/aromatic N) is 5. The Morgan fingerprint density at radius 2 is 1.94 bits per heavy atom. The number of hydrogen-bond acceptors (Lipinski definition) is 7. The molecule has 0 aliphatic carbocycles. The average Bonchev–Trinajstić information content (AvgIpc) is 2.82. The fourth-order valence-corrected chi connectivity index (χ4v) is 4.11. The lowest BCUT2D eigenvalue weighted by atomic mass is 10.0. The Morgan fingerprint density at radius 3 is 2.58 bits per heavy atom. The third kappa shape index (κ3) is 4.53. The first-order valence-corrected chi connectivity index (χ1v) is 10.3. The molecule has 2 atom stereocenters. The topological polar surface area (TPSA) is 109 Å². The number of nitriles is 1. The van der Waals surface area contributed by atoms with Gasteiger partial charge in [-0.15, -0.1) is 0 Å². The van der Waals surface area contributed by atoms with Crippen LogP contribution in [0.2, 0.25) is 0 Å². The van der Waals surface area contributed by atoms with Gasteiger partial charge >= 0.3 is 11.9 Å². The van der Waals surface area contributed by atoms with Crippen molar-refractivity contribution in [2.45, 2.75) is 25.2 Å². The van der Waals surface area contributed by atoms with Crippen LogP contribution in [-0.2, 0) is 6.18 Å². The smallest absolute Gasteiger partial charge is 0.394 e. The first kappa shape index (κ1) is 22.7. The van der Waals surface area contributed by atoms with Gasteiger partial charge < -0.3 is 15.0 Å². The van der Waals surface area contributed by atoms with Crippen molar-refractivity contribution in [3.8, 4) is 6.07 Å². The fourth-order valence-electron chi connectivity index (χ4n) is 4.11. The number of halogens is 3. The predicted molar refractivity (Wildman–Crippen MR) is 115 cm³/mol. The summed E-state index contributed by atoms with van der Waals surface area (Å²) in [6.07, 6.45) is -4.39. The molecule has 2 unspecified atom stereocenters. The predicted octanol–water partition coefficient (Wildman–Crippen LogP) is 2.45. The van der Waals surface area contributed by atoms with E-state index in [0.29, 0.717) is 30.7 Å². The fraction of sp³-hybridized carbons (Fsp3) is 0.364. The summed E-state index contributed by atoms with van der Waals surface area (Å²) >= 11 is 0. The molecule has 1 aromatic carbocycles. The van der Waals surface area contributed by atoms with Gasteiger partial charge in [0.15, 0.2) is 5.82 Å². The van der Waals surface area contributed by atoms with Crippen molar-refractivity contribution in [1.82, 2.24) is 19.9 Å². The zero-order valence-corrected chi connectivity index (χ0v) is 17.7. The van der Waals surface area contributed by atoms with Crippen molar-refractivity contribution in [2.24, 2.45) is 0 Å². The molecule has 0 radical (unpaired) electrons. The Hall–Kier alpha value is -3.49. The molecule has 3 aromatic rings. The minimum absolute atomic E-state index is 0.174. The van der Waals surface area contributed by atoms with Crippen molar-refractivity contribution in [3.05, 3.63) is 63.7 Å². The maximum Gasteiger partial charge on any atom is 0.416 e. The molecule has 1 aliphatic rings. The number of alkyl halides is 3. The van der Waals surface area contributed by atoms with Crippen LogP contribution in [-0.4, -0.2) is 57.2 Å². The molecule has 8 nitrogen and oxygen atoms in total. The number of fused-ring (bicyclic) bond motifs is 1. The summed E-state index contributed by atoms with van der Waals surface area (Å²) in [7, 11) is 0. The maximum atomic E-state index is 12.9. The summed E-state index contributed by atoms with van der Waals surface area (Å²) in [5.74, 6) is 0.284. The third-order valence-electron chi connectivity index (χ3n) is 5.94. The summed E-state index contributed by atoms with van der Waals surface area (Å²) in [6.45, 7) is 2.98. The van der Waals surface area contributed by atoms with Crippen LogP contribution in [0, 0.1) is 11.3 Å². The van der Waals surface area contributed by atoms with Gasteiger partial charge in [-0.1, -0.05) is 12.1 Å². The molecule has 0 spiro atoms. The quantitative estimate of drug-likeness (QED) is 0.618. The van der Waals surface area contributed by atoms with E-state index >= 15 is 0 Å². The highest BCUT2D eigenvalue weighted by Crippen LogP contribution is 2.32. The Labute approximate surface area is 186 Å². The second-order valence-corrected chi connectivity index (χ2v) is 7.89. The highest BCUT2D eigenvalue weighted by molar-refractivity contribution is 5.86. The number of nitrogens with one attached hydrogen (secondary N) is 1. The number of benzene rings is 1. The number of piperazine rings is 1. The number of rotatable bonds is 4. The number of pyridine rings is 1. The number of hydrogen-bond donors (Lipinski definition) is 2. The van der Waals surface area contributed by atoms with Gasteiger partial charge in [0.2, 0.25) is 0 Å². The summed E-state index contributed by atoms with van der Waals surface area (Å²) in [5.41, 5.74) is 0.424. The molecule has 4 rings (SSSR count). The molecule has 1 fully saturated rings. The number of aliphatic hydroxyl groups excluding tert-OH is 1. The molecular formula is C22H21F3N6O2. The number of aromatic nitrogens is 3. The van der Waals surface area contributed by atoms with Crippen LogP contribution >= 0.6 is 0 Å². The van der Waals surface area contributed by atoms with Crippen molar-refractivity contribution >= 4 is 16.9 Å². The Balaban J connectivity index is 1.60. The van der Waals surface area contributed by atoms with E-state index in [2.05, 4.69) is 19.9 Å². The van der Waals surface area contributed by atoms with E-state index in [1.807, 2.05) is 13.0 Å². The van der Waals surface area contributed by atoms with E-state index in [9.17, 15) is 28.3 Å². The number of aliphatic hydroxyl groups is 1. The van der Waals surface area contributed by atoms with Crippen molar-refractivity contribution in [1.29, 1.82) is 5.26 Å². The Bertz CT molecular complexity index is 1250. The first-order valence-electron chi connectivity index (χ1n) is 10.3. The van der Waals surface area contributed by atoms with Crippen LogP contribution in [0.25, 0.3) is 11.0 Å². The van der Waals surface area contributed by atoms with Gasteiger partial charge in [0.25, 0.3) is 0 Å². The molecule has 3 heterocycles.